The lowest BCUT2D eigenvalue weighted by Gasteiger charge is -2.19. The quantitative estimate of drug-likeness (QED) is 0.893. The van der Waals surface area contributed by atoms with Gasteiger partial charge < -0.3 is 10.1 Å². The van der Waals surface area contributed by atoms with E-state index >= 15 is 0 Å². The van der Waals surface area contributed by atoms with Crippen LogP contribution in [0.2, 0.25) is 0 Å². The molecule has 0 saturated heterocycles. The van der Waals surface area contributed by atoms with Crippen LogP contribution in [0.25, 0.3) is 0 Å². The van der Waals surface area contributed by atoms with E-state index in [0.29, 0.717) is 12.6 Å². The van der Waals surface area contributed by atoms with Crippen LogP contribution in [-0.4, -0.2) is 23.6 Å². The molecule has 0 fully saturated rings. The zero-order valence-corrected chi connectivity index (χ0v) is 11.1. The van der Waals surface area contributed by atoms with Crippen molar-refractivity contribution in [3.05, 3.63) is 24.3 Å². The summed E-state index contributed by atoms with van der Waals surface area (Å²) >= 11 is 1.77. The Hall–Kier alpha value is -1.16. The lowest BCUT2D eigenvalue weighted by Crippen LogP contribution is -2.18. The first-order chi connectivity index (χ1) is 8.29. The van der Waals surface area contributed by atoms with Crippen LogP contribution in [0.3, 0.4) is 0 Å². The Bertz CT molecular complexity index is 406. The molecule has 0 radical (unpaired) electrons. The van der Waals surface area contributed by atoms with Crippen LogP contribution in [0.4, 0.5) is 5.69 Å². The van der Waals surface area contributed by atoms with Crippen LogP contribution in [0, 0.1) is 0 Å². The lowest BCUT2D eigenvalue weighted by atomic mass is 10.3. The van der Waals surface area contributed by atoms with E-state index in [0.717, 1.165) is 28.8 Å². The molecule has 1 aliphatic rings. The molecule has 1 aromatic rings. The molecular weight excluding hydrogens is 232 g/mol. The van der Waals surface area contributed by atoms with E-state index in [1.807, 2.05) is 31.2 Å². The van der Waals surface area contributed by atoms with Gasteiger partial charge in [-0.25, -0.2) is 0 Å². The summed E-state index contributed by atoms with van der Waals surface area (Å²) in [6.07, 6.45) is 1.16. The summed E-state index contributed by atoms with van der Waals surface area (Å²) in [7, 11) is 0. The van der Waals surface area contributed by atoms with E-state index in [2.05, 4.69) is 17.2 Å². The van der Waals surface area contributed by atoms with Crippen molar-refractivity contribution >= 4 is 22.6 Å². The highest BCUT2D eigenvalue weighted by Crippen LogP contribution is 2.26. The van der Waals surface area contributed by atoms with Gasteiger partial charge in [-0.3, -0.25) is 4.99 Å². The second-order valence-corrected chi connectivity index (χ2v) is 5.06. The fraction of sp³-hybridized carbons (Fsp3) is 0.462. The zero-order chi connectivity index (χ0) is 12.1. The second-order valence-electron chi connectivity index (χ2n) is 3.97. The van der Waals surface area contributed by atoms with Gasteiger partial charge in [0.05, 0.1) is 18.3 Å². The second kappa shape index (κ2) is 5.96. The molecule has 92 valence electrons. The predicted octanol–water partition coefficient (Wildman–Crippen LogP) is 3.38. The molecule has 1 N–H and O–H groups in total. The molecule has 0 spiro atoms. The van der Waals surface area contributed by atoms with Gasteiger partial charge in [0.25, 0.3) is 0 Å². The summed E-state index contributed by atoms with van der Waals surface area (Å²) in [6.45, 7) is 4.82. The average Bonchev–Trinajstić information content (AvgIpc) is 2.32. The van der Waals surface area contributed by atoms with E-state index in [1.54, 1.807) is 11.8 Å². The minimum Gasteiger partial charge on any atom is -0.492 e. The molecule has 0 aliphatic carbocycles. The molecule has 1 heterocycles. The fourth-order valence-electron chi connectivity index (χ4n) is 1.66. The van der Waals surface area contributed by atoms with E-state index in [1.165, 1.54) is 0 Å². The molecule has 4 heteroatoms. The molecule has 1 atom stereocenters. The number of para-hydroxylation sites is 2. The molecule has 17 heavy (non-hydrogen) atoms. The molecule has 0 amide bonds. The first-order valence-corrected chi connectivity index (χ1v) is 6.97. The smallest absolute Gasteiger partial charge is 0.161 e. The number of aliphatic imine (C=N–C) groups is 1. The van der Waals surface area contributed by atoms with Gasteiger partial charge in [0.1, 0.15) is 5.75 Å². The van der Waals surface area contributed by atoms with E-state index in [9.17, 15) is 0 Å². The number of thioether (sulfide) groups is 1. The SMILES string of the molecule is CCOc1ccccc1NC1=NC(C)CCS1. The maximum Gasteiger partial charge on any atom is 0.161 e. The zero-order valence-electron chi connectivity index (χ0n) is 10.3. The van der Waals surface area contributed by atoms with Gasteiger partial charge in [-0.1, -0.05) is 23.9 Å². The minimum atomic E-state index is 0.415. The predicted molar refractivity (Wildman–Crippen MR) is 75.2 cm³/mol. The molecule has 3 nitrogen and oxygen atoms in total. The van der Waals surface area contributed by atoms with Crippen molar-refractivity contribution in [2.75, 3.05) is 17.7 Å². The maximum absolute atomic E-state index is 5.58. The van der Waals surface area contributed by atoms with Gasteiger partial charge in [-0.05, 0) is 32.4 Å². The molecule has 1 aliphatic heterocycles. The minimum absolute atomic E-state index is 0.415. The standard InChI is InChI=1S/C13H18N2OS/c1-3-16-12-7-5-4-6-11(12)15-13-14-10(2)8-9-17-13/h4-7,10H,3,8-9H2,1-2H3,(H,14,15). The van der Waals surface area contributed by atoms with Gasteiger partial charge >= 0.3 is 0 Å². The van der Waals surface area contributed by atoms with Gasteiger partial charge in [0, 0.05) is 5.75 Å². The van der Waals surface area contributed by atoms with Crippen molar-refractivity contribution in [1.82, 2.24) is 0 Å². The van der Waals surface area contributed by atoms with Gasteiger partial charge in [0.2, 0.25) is 0 Å². The van der Waals surface area contributed by atoms with Gasteiger partial charge in [0.15, 0.2) is 5.17 Å². The van der Waals surface area contributed by atoms with E-state index in [-0.39, 0.29) is 0 Å². The Kier molecular flexibility index (Phi) is 4.31. The number of nitrogens with zero attached hydrogens (tertiary/aromatic N) is 1. The number of anilines is 1. The maximum atomic E-state index is 5.58. The Balaban J connectivity index is 2.12. The summed E-state index contributed by atoms with van der Waals surface area (Å²) in [5.74, 6) is 2.01. The Morgan fingerprint density at radius 1 is 1.47 bits per heavy atom. The molecule has 1 unspecified atom stereocenters. The highest BCUT2D eigenvalue weighted by Gasteiger charge is 2.13. The normalized spacial score (nSPS) is 19.6. The average molecular weight is 250 g/mol. The van der Waals surface area contributed by atoms with Crippen molar-refractivity contribution in [2.24, 2.45) is 4.99 Å². The van der Waals surface area contributed by atoms with Crippen LogP contribution in [0.15, 0.2) is 29.3 Å². The van der Waals surface area contributed by atoms with Crippen molar-refractivity contribution < 1.29 is 4.74 Å². The summed E-state index contributed by atoms with van der Waals surface area (Å²) in [5, 5.41) is 4.35. The fourth-order valence-corrected chi connectivity index (χ4v) is 2.75. The van der Waals surface area contributed by atoms with Gasteiger partial charge in [-0.15, -0.1) is 0 Å². The number of hydrogen-bond donors (Lipinski definition) is 1. The van der Waals surface area contributed by atoms with Crippen molar-refractivity contribution in [1.29, 1.82) is 0 Å². The third-order valence-electron chi connectivity index (χ3n) is 2.54. The number of nitrogens with one attached hydrogen (secondary N) is 1. The molecule has 0 saturated carbocycles. The molecule has 0 aromatic heterocycles. The summed E-state index contributed by atoms with van der Waals surface area (Å²) < 4.78 is 5.58. The van der Waals surface area contributed by atoms with Crippen LogP contribution < -0.4 is 10.1 Å². The summed E-state index contributed by atoms with van der Waals surface area (Å²) in [4.78, 5) is 4.59. The van der Waals surface area contributed by atoms with Crippen LogP contribution >= 0.6 is 11.8 Å². The number of benzene rings is 1. The number of ether oxygens (including phenoxy) is 1. The molecular formula is C13H18N2OS. The van der Waals surface area contributed by atoms with Crippen molar-refractivity contribution in [3.63, 3.8) is 0 Å². The Morgan fingerprint density at radius 3 is 3.06 bits per heavy atom. The lowest BCUT2D eigenvalue weighted by molar-refractivity contribution is 0.342. The summed E-state index contributed by atoms with van der Waals surface area (Å²) in [6, 6.07) is 8.39. The van der Waals surface area contributed by atoms with E-state index < -0.39 is 0 Å². The topological polar surface area (TPSA) is 33.6 Å². The third kappa shape index (κ3) is 3.40. The first-order valence-electron chi connectivity index (χ1n) is 5.99. The van der Waals surface area contributed by atoms with E-state index in [4.69, 9.17) is 4.74 Å². The van der Waals surface area contributed by atoms with Crippen molar-refractivity contribution in [3.8, 4) is 5.75 Å². The van der Waals surface area contributed by atoms with Gasteiger partial charge in [-0.2, -0.15) is 0 Å². The van der Waals surface area contributed by atoms with Crippen LogP contribution in [0.1, 0.15) is 20.3 Å². The van der Waals surface area contributed by atoms with Crippen LogP contribution in [-0.2, 0) is 0 Å². The molecule has 0 bridgehead atoms. The molecule has 1 aromatic carbocycles. The number of hydrogen-bond acceptors (Lipinski definition) is 4. The Morgan fingerprint density at radius 2 is 2.29 bits per heavy atom. The molecule has 2 rings (SSSR count). The number of amidine groups is 1. The highest BCUT2D eigenvalue weighted by atomic mass is 32.2. The van der Waals surface area contributed by atoms with Crippen molar-refractivity contribution in [2.45, 2.75) is 26.3 Å². The monoisotopic (exact) mass is 250 g/mol. The number of rotatable bonds is 3. The van der Waals surface area contributed by atoms with Crippen LogP contribution in [0.5, 0.6) is 5.75 Å². The largest absolute Gasteiger partial charge is 0.492 e. The highest BCUT2D eigenvalue weighted by molar-refractivity contribution is 8.14. The third-order valence-corrected chi connectivity index (χ3v) is 3.46. The summed E-state index contributed by atoms with van der Waals surface area (Å²) in [5.41, 5.74) is 0.995. The Labute approximate surface area is 107 Å². The first kappa shape index (κ1) is 12.3.